The van der Waals surface area contributed by atoms with Gasteiger partial charge in [0.1, 0.15) is 0 Å². The highest BCUT2D eigenvalue weighted by molar-refractivity contribution is 5.90. The number of phenolic OH excluding ortho intramolecular Hbond substituents is 1. The number of esters is 1. The molecule has 2 bridgehead atoms. The molecule has 0 aromatic heterocycles. The first-order valence-electron chi connectivity index (χ1n) is 8.33. The fourth-order valence-corrected chi connectivity index (χ4v) is 4.69. The molecule has 0 amide bonds. The molecule has 0 saturated heterocycles. The molecule has 3 unspecified atom stereocenters. The largest absolute Gasteiger partial charge is 0.504 e. The van der Waals surface area contributed by atoms with Gasteiger partial charge >= 0.3 is 5.97 Å². The van der Waals surface area contributed by atoms with Crippen molar-refractivity contribution in [3.8, 4) is 11.5 Å². The zero-order valence-electron chi connectivity index (χ0n) is 14.4. The van der Waals surface area contributed by atoms with Gasteiger partial charge in [-0.25, -0.2) is 4.79 Å². The maximum Gasteiger partial charge on any atom is 0.338 e. The predicted molar refractivity (Wildman–Crippen MR) is 87.7 cm³/mol. The van der Waals surface area contributed by atoms with Gasteiger partial charge in [-0.15, -0.1) is 0 Å². The Bertz CT molecular complexity index is 622. The summed E-state index contributed by atoms with van der Waals surface area (Å²) in [5.41, 5.74) is 0.989. The van der Waals surface area contributed by atoms with Crippen LogP contribution >= 0.6 is 0 Å². The van der Waals surface area contributed by atoms with Gasteiger partial charge < -0.3 is 14.6 Å². The minimum absolute atomic E-state index is 0.0198. The van der Waals surface area contributed by atoms with Crippen molar-refractivity contribution in [1.82, 2.24) is 0 Å². The van der Waals surface area contributed by atoms with Gasteiger partial charge in [0.2, 0.25) is 0 Å². The van der Waals surface area contributed by atoms with E-state index in [4.69, 9.17) is 9.47 Å². The number of hydrogen-bond donors (Lipinski definition) is 1. The smallest absolute Gasteiger partial charge is 0.338 e. The van der Waals surface area contributed by atoms with Crippen LogP contribution in [-0.4, -0.2) is 24.8 Å². The molecule has 1 aromatic carbocycles. The van der Waals surface area contributed by atoms with E-state index in [1.807, 2.05) is 0 Å². The number of carbonyl (C=O) groups is 1. The lowest BCUT2D eigenvalue weighted by Gasteiger charge is -2.39. The van der Waals surface area contributed by atoms with E-state index in [1.165, 1.54) is 32.1 Å². The zero-order valence-corrected chi connectivity index (χ0v) is 14.4. The van der Waals surface area contributed by atoms with Crippen LogP contribution in [0.2, 0.25) is 0 Å². The number of methoxy groups -OCH3 is 1. The number of carbonyl (C=O) groups excluding carboxylic acids is 1. The first-order chi connectivity index (χ1) is 10.8. The number of fused-ring (bicyclic) bond motifs is 2. The van der Waals surface area contributed by atoms with Gasteiger partial charge in [0.05, 0.1) is 19.3 Å². The van der Waals surface area contributed by atoms with Gasteiger partial charge in [0.25, 0.3) is 0 Å². The number of benzene rings is 1. The highest BCUT2D eigenvalue weighted by Gasteiger charge is 2.61. The first-order valence-corrected chi connectivity index (χ1v) is 8.33. The third-order valence-corrected chi connectivity index (χ3v) is 6.81. The maximum absolute atomic E-state index is 12.3. The van der Waals surface area contributed by atoms with Crippen molar-refractivity contribution in [1.29, 1.82) is 0 Å². The van der Waals surface area contributed by atoms with Crippen molar-refractivity contribution >= 4 is 5.97 Å². The van der Waals surface area contributed by atoms with Gasteiger partial charge in [-0.1, -0.05) is 20.8 Å². The van der Waals surface area contributed by atoms with E-state index >= 15 is 0 Å². The fourth-order valence-electron chi connectivity index (χ4n) is 4.69. The number of hydrogen-bond acceptors (Lipinski definition) is 4. The highest BCUT2D eigenvalue weighted by atomic mass is 16.5. The van der Waals surface area contributed by atoms with Gasteiger partial charge in [-0.05, 0) is 60.1 Å². The van der Waals surface area contributed by atoms with Crippen LogP contribution < -0.4 is 4.74 Å². The zero-order chi connectivity index (χ0) is 16.8. The second-order valence-corrected chi connectivity index (χ2v) is 7.79. The summed E-state index contributed by atoms with van der Waals surface area (Å²) < 4.78 is 10.6. The molecule has 126 valence electrons. The van der Waals surface area contributed by atoms with Crippen LogP contribution in [0.5, 0.6) is 11.5 Å². The fraction of sp³-hybridized carbons (Fsp3) is 0.632. The summed E-state index contributed by atoms with van der Waals surface area (Å²) in [6.07, 6.45) is 3.67. The van der Waals surface area contributed by atoms with E-state index in [9.17, 15) is 9.90 Å². The van der Waals surface area contributed by atoms with E-state index in [2.05, 4.69) is 20.8 Å². The highest BCUT2D eigenvalue weighted by Crippen LogP contribution is 2.68. The van der Waals surface area contributed by atoms with Gasteiger partial charge in [0, 0.05) is 0 Å². The van der Waals surface area contributed by atoms with Crippen LogP contribution in [0.1, 0.15) is 50.4 Å². The SMILES string of the molecule is COc1cc(C(=O)OCC2CC3CCC2(C)C3(C)C)ccc1O. The Balaban J connectivity index is 1.67. The van der Waals surface area contributed by atoms with Crippen molar-refractivity contribution in [3.05, 3.63) is 23.8 Å². The molecule has 2 saturated carbocycles. The topological polar surface area (TPSA) is 55.8 Å². The summed E-state index contributed by atoms with van der Waals surface area (Å²) in [5.74, 6) is 1.12. The Morgan fingerprint density at radius 3 is 2.65 bits per heavy atom. The third kappa shape index (κ3) is 2.39. The summed E-state index contributed by atoms with van der Waals surface area (Å²) in [6.45, 7) is 7.54. The summed E-state index contributed by atoms with van der Waals surface area (Å²) in [5, 5.41) is 9.61. The summed E-state index contributed by atoms with van der Waals surface area (Å²) in [4.78, 5) is 12.3. The Hall–Kier alpha value is -1.71. The van der Waals surface area contributed by atoms with Crippen LogP contribution in [0.3, 0.4) is 0 Å². The second-order valence-electron chi connectivity index (χ2n) is 7.79. The maximum atomic E-state index is 12.3. The molecule has 1 N–H and O–H groups in total. The average Bonchev–Trinajstić information content (AvgIpc) is 2.86. The lowest BCUT2D eigenvalue weighted by atomic mass is 9.67. The molecule has 3 atom stereocenters. The monoisotopic (exact) mass is 318 g/mol. The van der Waals surface area contributed by atoms with Crippen LogP contribution in [-0.2, 0) is 4.74 Å². The molecular formula is C19H26O4. The van der Waals surface area contributed by atoms with E-state index in [0.717, 1.165) is 12.3 Å². The predicted octanol–water partition coefficient (Wildman–Crippen LogP) is 4.02. The Labute approximate surface area is 137 Å². The van der Waals surface area contributed by atoms with Gasteiger partial charge in [0.15, 0.2) is 11.5 Å². The van der Waals surface area contributed by atoms with E-state index in [1.54, 1.807) is 6.07 Å². The van der Waals surface area contributed by atoms with Gasteiger partial charge in [-0.3, -0.25) is 0 Å². The minimum atomic E-state index is -0.354. The molecule has 23 heavy (non-hydrogen) atoms. The molecule has 4 heteroatoms. The second kappa shape index (κ2) is 5.43. The van der Waals surface area contributed by atoms with Crippen molar-refractivity contribution in [3.63, 3.8) is 0 Å². The molecule has 3 rings (SSSR count). The standard InChI is InChI=1S/C19H26O4/c1-18(2)13-7-8-19(18,3)14(10-13)11-23-17(21)12-5-6-15(20)16(9-12)22-4/h5-6,9,13-14,20H,7-8,10-11H2,1-4H3. The van der Waals surface area contributed by atoms with Crippen molar-refractivity contribution < 1.29 is 19.4 Å². The van der Waals surface area contributed by atoms with Crippen molar-refractivity contribution in [2.75, 3.05) is 13.7 Å². The number of phenols is 1. The van der Waals surface area contributed by atoms with Crippen LogP contribution in [0, 0.1) is 22.7 Å². The first kappa shape index (κ1) is 16.2. The Morgan fingerprint density at radius 1 is 1.35 bits per heavy atom. The summed E-state index contributed by atoms with van der Waals surface area (Å²) in [7, 11) is 1.46. The third-order valence-electron chi connectivity index (χ3n) is 6.81. The molecule has 2 fully saturated rings. The minimum Gasteiger partial charge on any atom is -0.504 e. The lowest BCUT2D eigenvalue weighted by molar-refractivity contribution is 0.0193. The van der Waals surface area contributed by atoms with E-state index < -0.39 is 0 Å². The molecule has 0 spiro atoms. The van der Waals surface area contributed by atoms with Crippen molar-refractivity contribution in [2.45, 2.75) is 40.0 Å². The molecule has 2 aliphatic carbocycles. The average molecular weight is 318 g/mol. The molecule has 2 aliphatic rings. The van der Waals surface area contributed by atoms with Crippen LogP contribution in [0.4, 0.5) is 0 Å². The number of rotatable bonds is 4. The summed E-state index contributed by atoms with van der Waals surface area (Å²) >= 11 is 0. The molecule has 0 radical (unpaired) electrons. The van der Waals surface area contributed by atoms with Crippen molar-refractivity contribution in [2.24, 2.45) is 22.7 Å². The molecule has 0 aliphatic heterocycles. The number of ether oxygens (including phenoxy) is 2. The van der Waals surface area contributed by atoms with E-state index in [0.29, 0.717) is 23.5 Å². The van der Waals surface area contributed by atoms with E-state index in [-0.39, 0.29) is 22.9 Å². The molecule has 1 aromatic rings. The Morgan fingerprint density at radius 2 is 2.09 bits per heavy atom. The van der Waals surface area contributed by atoms with Crippen LogP contribution in [0.25, 0.3) is 0 Å². The quantitative estimate of drug-likeness (QED) is 0.852. The number of aromatic hydroxyl groups is 1. The Kier molecular flexibility index (Phi) is 3.81. The summed E-state index contributed by atoms with van der Waals surface area (Å²) in [6, 6.07) is 4.54. The van der Waals surface area contributed by atoms with Gasteiger partial charge in [-0.2, -0.15) is 0 Å². The van der Waals surface area contributed by atoms with Crippen LogP contribution in [0.15, 0.2) is 18.2 Å². The molecule has 4 nitrogen and oxygen atoms in total. The molecule has 0 heterocycles. The molecular weight excluding hydrogens is 292 g/mol. The lowest BCUT2D eigenvalue weighted by Crippen LogP contribution is -2.34. The normalized spacial score (nSPS) is 31.1.